The van der Waals surface area contributed by atoms with Crippen LogP contribution in [-0.4, -0.2) is 33.0 Å². The molecule has 0 aliphatic carbocycles. The number of amides is 1. The van der Waals surface area contributed by atoms with E-state index in [0.717, 1.165) is 9.58 Å². The number of thioether (sulfide) groups is 1. The number of carbonyl (C=O) groups excluding carboxylic acids is 1. The molecule has 0 bridgehead atoms. The molecule has 0 saturated heterocycles. The second kappa shape index (κ2) is 7.40. The normalized spacial score (nSPS) is 10.7. The molecule has 3 rings (SSSR count). The van der Waals surface area contributed by atoms with E-state index in [1.807, 2.05) is 18.4 Å². The number of aromatic carboxylic acids is 1. The number of carbonyl (C=O) groups is 2. The van der Waals surface area contributed by atoms with Crippen LogP contribution in [0, 0.1) is 0 Å². The van der Waals surface area contributed by atoms with Crippen molar-refractivity contribution >= 4 is 40.1 Å². The van der Waals surface area contributed by atoms with Crippen molar-refractivity contribution in [1.29, 1.82) is 0 Å². The fraction of sp³-hybridized carbons (Fsp3) is 0.111. The van der Waals surface area contributed by atoms with Gasteiger partial charge in [-0.2, -0.15) is 5.10 Å². The van der Waals surface area contributed by atoms with Gasteiger partial charge in [0.25, 0.3) is 5.56 Å². The fourth-order valence-electron chi connectivity index (χ4n) is 2.51. The maximum atomic E-state index is 12.5. The highest BCUT2D eigenvalue weighted by molar-refractivity contribution is 7.98. The van der Waals surface area contributed by atoms with Crippen LogP contribution in [0.3, 0.4) is 0 Å². The van der Waals surface area contributed by atoms with E-state index in [1.165, 1.54) is 12.1 Å². The van der Waals surface area contributed by atoms with Crippen LogP contribution >= 0.6 is 11.8 Å². The van der Waals surface area contributed by atoms with Crippen LogP contribution < -0.4 is 10.9 Å². The van der Waals surface area contributed by atoms with Crippen molar-refractivity contribution in [1.82, 2.24) is 9.78 Å². The Labute approximate surface area is 152 Å². The van der Waals surface area contributed by atoms with Gasteiger partial charge in [-0.15, -0.1) is 11.8 Å². The molecule has 0 atom stereocenters. The number of carboxylic acids is 1. The molecule has 1 heterocycles. The number of hydrogen-bond acceptors (Lipinski definition) is 5. The lowest BCUT2D eigenvalue weighted by molar-refractivity contribution is -0.117. The van der Waals surface area contributed by atoms with E-state index in [4.69, 9.17) is 0 Å². The van der Waals surface area contributed by atoms with E-state index >= 15 is 0 Å². The highest BCUT2D eigenvalue weighted by Crippen LogP contribution is 2.17. The maximum Gasteiger partial charge on any atom is 0.357 e. The molecule has 0 aliphatic heterocycles. The van der Waals surface area contributed by atoms with Crippen LogP contribution in [-0.2, 0) is 11.3 Å². The van der Waals surface area contributed by atoms with E-state index in [9.17, 15) is 19.5 Å². The third-order valence-electron chi connectivity index (χ3n) is 3.74. The van der Waals surface area contributed by atoms with Crippen LogP contribution in [0.2, 0.25) is 0 Å². The van der Waals surface area contributed by atoms with Gasteiger partial charge in [0.2, 0.25) is 5.91 Å². The molecule has 3 aromatic rings. The topological polar surface area (TPSA) is 101 Å². The number of rotatable bonds is 5. The zero-order chi connectivity index (χ0) is 18.7. The lowest BCUT2D eigenvalue weighted by Gasteiger charge is -2.09. The average molecular weight is 369 g/mol. The van der Waals surface area contributed by atoms with Crippen molar-refractivity contribution < 1.29 is 14.7 Å². The molecule has 132 valence electrons. The third kappa shape index (κ3) is 3.60. The van der Waals surface area contributed by atoms with E-state index in [1.54, 1.807) is 36.0 Å². The third-order valence-corrected chi connectivity index (χ3v) is 4.48. The highest BCUT2D eigenvalue weighted by atomic mass is 32.2. The first-order valence-electron chi connectivity index (χ1n) is 7.66. The van der Waals surface area contributed by atoms with Gasteiger partial charge in [0, 0.05) is 16.0 Å². The number of benzene rings is 2. The summed E-state index contributed by atoms with van der Waals surface area (Å²) in [5.74, 6) is -1.73. The quantitative estimate of drug-likeness (QED) is 0.670. The molecule has 8 heteroatoms. The number of hydrogen-bond donors (Lipinski definition) is 2. The van der Waals surface area contributed by atoms with Gasteiger partial charge < -0.3 is 10.4 Å². The molecule has 2 N–H and O–H groups in total. The Bertz CT molecular complexity index is 1040. The van der Waals surface area contributed by atoms with Crippen molar-refractivity contribution in [2.75, 3.05) is 11.6 Å². The van der Waals surface area contributed by atoms with Crippen molar-refractivity contribution in [3.05, 3.63) is 64.6 Å². The molecular formula is C18H15N3O4S. The summed E-state index contributed by atoms with van der Waals surface area (Å²) in [7, 11) is 0. The van der Waals surface area contributed by atoms with Crippen molar-refractivity contribution in [3.8, 4) is 0 Å². The first-order valence-corrected chi connectivity index (χ1v) is 8.89. The van der Waals surface area contributed by atoms with Crippen LogP contribution in [0.4, 0.5) is 5.69 Å². The molecule has 0 spiro atoms. The second-order valence-electron chi connectivity index (χ2n) is 5.44. The largest absolute Gasteiger partial charge is 0.476 e. The summed E-state index contributed by atoms with van der Waals surface area (Å²) in [6.07, 6.45) is 1.95. The maximum absolute atomic E-state index is 12.5. The Hall–Kier alpha value is -3.13. The van der Waals surface area contributed by atoms with E-state index < -0.39 is 17.4 Å². The lowest BCUT2D eigenvalue weighted by Crippen LogP contribution is -2.31. The molecule has 2 aromatic carbocycles. The molecule has 0 unspecified atom stereocenters. The van der Waals surface area contributed by atoms with Gasteiger partial charge >= 0.3 is 5.97 Å². The summed E-state index contributed by atoms with van der Waals surface area (Å²) in [6, 6.07) is 13.5. The van der Waals surface area contributed by atoms with Gasteiger partial charge in [-0.05, 0) is 36.6 Å². The smallest absolute Gasteiger partial charge is 0.357 e. The summed E-state index contributed by atoms with van der Waals surface area (Å²) in [6.45, 7) is -0.381. The zero-order valence-corrected chi connectivity index (χ0v) is 14.6. The van der Waals surface area contributed by atoms with Gasteiger partial charge in [0.1, 0.15) is 6.54 Å². The predicted molar refractivity (Wildman–Crippen MR) is 99.8 cm³/mol. The van der Waals surface area contributed by atoms with Crippen LogP contribution in [0.25, 0.3) is 10.8 Å². The minimum atomic E-state index is -1.26. The minimum absolute atomic E-state index is 0.206. The van der Waals surface area contributed by atoms with Gasteiger partial charge in [0.15, 0.2) is 5.69 Å². The summed E-state index contributed by atoms with van der Waals surface area (Å²) < 4.78 is 0.872. The zero-order valence-electron chi connectivity index (χ0n) is 13.8. The highest BCUT2D eigenvalue weighted by Gasteiger charge is 2.17. The monoisotopic (exact) mass is 369 g/mol. The Kier molecular flexibility index (Phi) is 5.04. The molecule has 0 fully saturated rings. The van der Waals surface area contributed by atoms with Crippen LogP contribution in [0.15, 0.2) is 58.2 Å². The van der Waals surface area contributed by atoms with E-state index in [0.29, 0.717) is 5.69 Å². The number of aromatic nitrogens is 2. The summed E-state index contributed by atoms with van der Waals surface area (Å²) in [5, 5.41) is 16.3. The molecule has 0 radical (unpaired) electrons. The van der Waals surface area contributed by atoms with Gasteiger partial charge in [-0.1, -0.05) is 18.2 Å². The van der Waals surface area contributed by atoms with Gasteiger partial charge in [-0.25, -0.2) is 9.48 Å². The SMILES string of the molecule is CSc1ccc(NC(=O)Cn2nc(C(=O)O)c3ccccc3c2=O)cc1. The summed E-state index contributed by atoms with van der Waals surface area (Å²) >= 11 is 1.58. The van der Waals surface area contributed by atoms with Crippen LogP contribution in [0.1, 0.15) is 10.5 Å². The number of carboxylic acid groups (broad SMARTS) is 1. The second-order valence-corrected chi connectivity index (χ2v) is 6.32. The fourth-order valence-corrected chi connectivity index (χ4v) is 2.92. The standard InChI is InChI=1S/C18H15N3O4S/c1-26-12-8-6-11(7-9-12)19-15(22)10-21-17(23)14-5-3-2-4-13(14)16(20-21)18(24)25/h2-9H,10H2,1H3,(H,19,22)(H,24,25). The number of anilines is 1. The molecule has 0 aliphatic rings. The molecule has 1 aromatic heterocycles. The van der Waals surface area contributed by atoms with E-state index in [-0.39, 0.29) is 23.0 Å². The average Bonchev–Trinajstić information content (AvgIpc) is 2.64. The first kappa shape index (κ1) is 17.7. The Morgan fingerprint density at radius 2 is 1.77 bits per heavy atom. The number of nitrogens with zero attached hydrogens (tertiary/aromatic N) is 2. The lowest BCUT2D eigenvalue weighted by atomic mass is 10.1. The molecule has 26 heavy (non-hydrogen) atoms. The summed E-state index contributed by atoms with van der Waals surface area (Å²) in [5.41, 5.74) is -0.198. The Morgan fingerprint density at radius 3 is 2.38 bits per heavy atom. The van der Waals surface area contributed by atoms with Gasteiger partial charge in [-0.3, -0.25) is 9.59 Å². The van der Waals surface area contributed by atoms with Crippen LogP contribution in [0.5, 0.6) is 0 Å². The Balaban J connectivity index is 1.90. The molecular weight excluding hydrogens is 354 g/mol. The van der Waals surface area contributed by atoms with Gasteiger partial charge in [0.05, 0.1) is 5.39 Å². The molecule has 7 nitrogen and oxygen atoms in total. The minimum Gasteiger partial charge on any atom is -0.476 e. The molecule has 0 saturated carbocycles. The van der Waals surface area contributed by atoms with Crippen molar-refractivity contribution in [2.45, 2.75) is 11.4 Å². The van der Waals surface area contributed by atoms with Crippen molar-refractivity contribution in [2.24, 2.45) is 0 Å². The Morgan fingerprint density at radius 1 is 1.12 bits per heavy atom. The predicted octanol–water partition coefficient (Wildman–Crippen LogP) is 2.46. The number of nitrogens with one attached hydrogen (secondary N) is 1. The van der Waals surface area contributed by atoms with Crippen molar-refractivity contribution in [3.63, 3.8) is 0 Å². The van der Waals surface area contributed by atoms with E-state index in [2.05, 4.69) is 10.4 Å². The molecule has 1 amide bonds. The first-order chi connectivity index (χ1) is 12.5. The number of fused-ring (bicyclic) bond motifs is 1. The summed E-state index contributed by atoms with van der Waals surface area (Å²) in [4.78, 5) is 37.2.